The van der Waals surface area contributed by atoms with Gasteiger partial charge in [0.25, 0.3) is 0 Å². The van der Waals surface area contributed by atoms with Crippen molar-refractivity contribution in [2.24, 2.45) is 0 Å². The predicted octanol–water partition coefficient (Wildman–Crippen LogP) is 3.09. The van der Waals surface area contributed by atoms with Crippen molar-refractivity contribution in [3.63, 3.8) is 0 Å². The number of fused-ring (bicyclic) bond motifs is 1. The minimum absolute atomic E-state index is 0.211. The van der Waals surface area contributed by atoms with Gasteiger partial charge in [-0.25, -0.2) is 17.7 Å². The summed E-state index contributed by atoms with van der Waals surface area (Å²) in [4.78, 5) is 15.6. The monoisotopic (exact) mass is 401 g/mol. The van der Waals surface area contributed by atoms with Gasteiger partial charge in [0, 0.05) is 26.2 Å². The van der Waals surface area contributed by atoms with E-state index in [1.165, 1.54) is 18.4 Å². The number of carbonyl (C=O) groups is 1. The second-order valence-corrected chi connectivity index (χ2v) is 8.75. The second-order valence-electron chi connectivity index (χ2n) is 6.59. The van der Waals surface area contributed by atoms with E-state index in [0.717, 1.165) is 30.6 Å². The highest BCUT2D eigenvalue weighted by Crippen LogP contribution is 2.23. The molecule has 0 aliphatic carbocycles. The molecule has 0 N–H and O–H groups in total. The van der Waals surface area contributed by atoms with Crippen molar-refractivity contribution in [3.8, 4) is 5.75 Å². The minimum atomic E-state index is -3.52. The van der Waals surface area contributed by atoms with Gasteiger partial charge in [0.15, 0.2) is 0 Å². The van der Waals surface area contributed by atoms with Crippen LogP contribution in [0.15, 0.2) is 47.4 Å². The summed E-state index contributed by atoms with van der Waals surface area (Å²) < 4.78 is 33.8. The van der Waals surface area contributed by atoms with E-state index in [-0.39, 0.29) is 11.5 Å². The average Bonchev–Trinajstić information content (AvgIpc) is 3.03. The molecule has 0 atom stereocenters. The van der Waals surface area contributed by atoms with Crippen LogP contribution >= 0.6 is 0 Å². The number of aldehydes is 1. The quantitative estimate of drug-likeness (QED) is 0.542. The Kier molecular flexibility index (Phi) is 5.81. The van der Waals surface area contributed by atoms with Crippen LogP contribution in [0.5, 0.6) is 5.75 Å². The number of imidazole rings is 1. The third-order valence-electron chi connectivity index (χ3n) is 4.41. The minimum Gasteiger partial charge on any atom is -0.486 e. The largest absolute Gasteiger partial charge is 0.486 e. The van der Waals surface area contributed by atoms with Crippen molar-refractivity contribution in [2.75, 3.05) is 14.1 Å². The van der Waals surface area contributed by atoms with E-state index < -0.39 is 10.0 Å². The summed E-state index contributed by atoms with van der Waals surface area (Å²) in [6.07, 6.45) is 1.69. The molecular weight excluding hydrogens is 378 g/mol. The molecule has 0 fully saturated rings. The summed E-state index contributed by atoms with van der Waals surface area (Å²) in [6.45, 7) is 3.06. The molecule has 0 saturated heterocycles. The molecule has 3 aromatic rings. The van der Waals surface area contributed by atoms with Gasteiger partial charge < -0.3 is 9.30 Å². The summed E-state index contributed by atoms with van der Waals surface area (Å²) in [5.74, 6) is 1.35. The number of sulfonamides is 1. The van der Waals surface area contributed by atoms with Gasteiger partial charge in [-0.15, -0.1) is 0 Å². The van der Waals surface area contributed by atoms with E-state index in [2.05, 4.69) is 11.9 Å². The number of ether oxygens (including phenoxy) is 1. The molecule has 0 aliphatic heterocycles. The highest BCUT2D eigenvalue weighted by atomic mass is 32.2. The number of benzene rings is 2. The summed E-state index contributed by atoms with van der Waals surface area (Å²) in [5.41, 5.74) is 2.07. The molecule has 7 nitrogen and oxygen atoms in total. The molecule has 148 valence electrons. The van der Waals surface area contributed by atoms with E-state index in [4.69, 9.17) is 4.74 Å². The number of carbonyl (C=O) groups excluding carboxylic acids is 1. The molecule has 3 rings (SSSR count). The summed E-state index contributed by atoms with van der Waals surface area (Å²) in [7, 11) is -0.513. The van der Waals surface area contributed by atoms with Crippen molar-refractivity contribution in [2.45, 2.75) is 31.4 Å². The van der Waals surface area contributed by atoms with Crippen molar-refractivity contribution in [1.29, 1.82) is 0 Å². The lowest BCUT2D eigenvalue weighted by Gasteiger charge is -2.11. The maximum Gasteiger partial charge on any atom is 0.242 e. The molecule has 0 radical (unpaired) electrons. The fourth-order valence-electron chi connectivity index (χ4n) is 2.90. The Bertz CT molecular complexity index is 1090. The fraction of sp³-hybridized carbons (Fsp3) is 0.300. The Morgan fingerprint density at radius 2 is 1.86 bits per heavy atom. The van der Waals surface area contributed by atoms with Crippen LogP contribution in [0.1, 0.15) is 29.5 Å². The predicted molar refractivity (Wildman–Crippen MR) is 107 cm³/mol. The SMILES string of the molecule is CCCn1c(COc2ccc(C=O)cc2)nc2cc(S(=O)(=O)N(C)C)ccc21. The zero-order valence-corrected chi connectivity index (χ0v) is 16.9. The van der Waals surface area contributed by atoms with Gasteiger partial charge in [-0.2, -0.15) is 0 Å². The number of aryl methyl sites for hydroxylation is 1. The Morgan fingerprint density at radius 3 is 2.46 bits per heavy atom. The molecule has 1 heterocycles. The zero-order chi connectivity index (χ0) is 20.3. The van der Waals surface area contributed by atoms with E-state index in [1.807, 2.05) is 4.57 Å². The first-order valence-electron chi connectivity index (χ1n) is 8.96. The van der Waals surface area contributed by atoms with Gasteiger partial charge in [-0.05, 0) is 48.9 Å². The third kappa shape index (κ3) is 3.93. The van der Waals surface area contributed by atoms with E-state index in [9.17, 15) is 13.2 Å². The van der Waals surface area contributed by atoms with Gasteiger partial charge in [0.05, 0.1) is 15.9 Å². The molecule has 0 spiro atoms. The standard InChI is InChI=1S/C20H23N3O4S/c1-4-11-23-19-10-9-17(28(25,26)22(2)3)12-18(19)21-20(23)14-27-16-7-5-15(13-24)6-8-16/h5-10,12-13H,4,11,14H2,1-3H3. The average molecular weight is 401 g/mol. The van der Waals surface area contributed by atoms with Crippen LogP contribution in [0.4, 0.5) is 0 Å². The number of nitrogens with zero attached hydrogens (tertiary/aromatic N) is 3. The lowest BCUT2D eigenvalue weighted by Crippen LogP contribution is -2.22. The van der Waals surface area contributed by atoms with Crippen molar-refractivity contribution in [1.82, 2.24) is 13.9 Å². The molecule has 1 aromatic heterocycles. The molecule has 0 unspecified atom stereocenters. The molecule has 0 aliphatic rings. The van der Waals surface area contributed by atoms with E-state index in [1.54, 1.807) is 42.5 Å². The maximum atomic E-state index is 12.4. The highest BCUT2D eigenvalue weighted by Gasteiger charge is 2.19. The summed E-state index contributed by atoms with van der Waals surface area (Å²) in [6, 6.07) is 11.8. The molecule has 0 amide bonds. The summed E-state index contributed by atoms with van der Waals surface area (Å²) >= 11 is 0. The van der Waals surface area contributed by atoms with Gasteiger partial charge in [-0.3, -0.25) is 4.79 Å². The first kappa shape index (κ1) is 20.0. The highest BCUT2D eigenvalue weighted by molar-refractivity contribution is 7.89. The van der Waals surface area contributed by atoms with Crippen molar-refractivity contribution in [3.05, 3.63) is 53.9 Å². The van der Waals surface area contributed by atoms with E-state index >= 15 is 0 Å². The molecule has 0 saturated carbocycles. The van der Waals surface area contributed by atoms with Gasteiger partial charge >= 0.3 is 0 Å². The van der Waals surface area contributed by atoms with E-state index in [0.29, 0.717) is 16.8 Å². The van der Waals surface area contributed by atoms with Gasteiger partial charge in [0.2, 0.25) is 10.0 Å². The summed E-state index contributed by atoms with van der Waals surface area (Å²) in [5, 5.41) is 0. The first-order chi connectivity index (χ1) is 13.4. The normalized spacial score (nSPS) is 11.9. The molecule has 8 heteroatoms. The topological polar surface area (TPSA) is 81.5 Å². The number of hydrogen-bond acceptors (Lipinski definition) is 5. The number of rotatable bonds is 8. The Morgan fingerprint density at radius 1 is 1.14 bits per heavy atom. The molecule has 2 aromatic carbocycles. The molecule has 28 heavy (non-hydrogen) atoms. The van der Waals surface area contributed by atoms with Crippen LogP contribution in [0.25, 0.3) is 11.0 Å². The van der Waals surface area contributed by atoms with Gasteiger partial charge in [0.1, 0.15) is 24.5 Å². The number of aromatic nitrogens is 2. The Labute approximate surface area is 164 Å². The van der Waals surface area contributed by atoms with Crippen LogP contribution < -0.4 is 4.74 Å². The van der Waals surface area contributed by atoms with Crippen LogP contribution in [0.3, 0.4) is 0 Å². The molecular formula is C20H23N3O4S. The Hall–Kier alpha value is -2.71. The third-order valence-corrected chi connectivity index (χ3v) is 6.22. The number of hydrogen-bond donors (Lipinski definition) is 0. The lowest BCUT2D eigenvalue weighted by molar-refractivity contribution is 0.112. The maximum absolute atomic E-state index is 12.4. The van der Waals surface area contributed by atoms with Crippen molar-refractivity contribution < 1.29 is 17.9 Å². The van der Waals surface area contributed by atoms with Crippen LogP contribution in [0.2, 0.25) is 0 Å². The smallest absolute Gasteiger partial charge is 0.242 e. The fourth-order valence-corrected chi connectivity index (χ4v) is 3.83. The van der Waals surface area contributed by atoms with Gasteiger partial charge in [-0.1, -0.05) is 6.92 Å². The molecule has 0 bridgehead atoms. The zero-order valence-electron chi connectivity index (χ0n) is 16.1. The first-order valence-corrected chi connectivity index (χ1v) is 10.4. The lowest BCUT2D eigenvalue weighted by atomic mass is 10.2. The second kappa shape index (κ2) is 8.12. The van der Waals surface area contributed by atoms with Crippen LogP contribution in [0, 0.1) is 0 Å². The van der Waals surface area contributed by atoms with Crippen LogP contribution in [-0.4, -0.2) is 42.7 Å². The Balaban J connectivity index is 1.94. The van der Waals surface area contributed by atoms with Crippen LogP contribution in [-0.2, 0) is 23.2 Å². The van der Waals surface area contributed by atoms with Crippen molar-refractivity contribution >= 4 is 27.3 Å².